The van der Waals surface area contributed by atoms with E-state index in [-0.39, 0.29) is 54.3 Å². The molecule has 2 heterocycles. The molecule has 6 heteroatoms. The van der Waals surface area contributed by atoms with Crippen LogP contribution in [0.15, 0.2) is 85.0 Å². The number of nitrogens with zero attached hydrogens (tertiary/aromatic N) is 3. The van der Waals surface area contributed by atoms with Crippen molar-refractivity contribution >= 4 is 27.5 Å². The molecule has 0 fully saturated rings. The average molecular weight is 849 g/mol. The van der Waals surface area contributed by atoms with Crippen LogP contribution in [0.25, 0.3) is 44.2 Å². The van der Waals surface area contributed by atoms with Gasteiger partial charge in [0.1, 0.15) is 6.33 Å². The number of rotatable bonds is 9. The molecule has 0 bridgehead atoms. The van der Waals surface area contributed by atoms with Gasteiger partial charge in [0.05, 0.1) is 17.0 Å². The number of carbonyl (C=O) groups excluding carboxylic acids is 1. The quantitative estimate of drug-likeness (QED) is 0.0692. The number of aromatic nitrogens is 3. The van der Waals surface area contributed by atoms with Crippen LogP contribution in [0.5, 0.6) is 0 Å². The molecule has 5 rings (SSSR count). The van der Waals surface area contributed by atoms with E-state index in [1.54, 1.807) is 6.33 Å². The molecule has 0 aliphatic carbocycles. The van der Waals surface area contributed by atoms with Gasteiger partial charge in [0.15, 0.2) is 5.78 Å². The van der Waals surface area contributed by atoms with E-state index >= 15 is 0 Å². The maximum atomic E-state index is 11.7. The predicted molar refractivity (Wildman–Crippen MR) is 206 cm³/mol. The second kappa shape index (κ2) is 17.5. The summed E-state index contributed by atoms with van der Waals surface area (Å²) in [5.41, 5.74) is 7.28. The fraction of sp³-hybridized carbons (Fsp3) is 0.409. The van der Waals surface area contributed by atoms with Crippen LogP contribution in [0.4, 0.5) is 0 Å². The molecule has 0 spiro atoms. The van der Waals surface area contributed by atoms with Gasteiger partial charge in [-0.1, -0.05) is 112 Å². The number of aliphatic hydroxyl groups is 1. The molecule has 0 saturated carbocycles. The Bertz CT molecular complexity index is 1890. The number of fused-ring (bicyclic) bond motifs is 3. The average Bonchev–Trinajstić information content (AvgIpc) is 3.08. The first-order valence-electron chi connectivity index (χ1n) is 17.8. The largest absolute Gasteiger partial charge is 0.512 e. The molecule has 5 nitrogen and oxygen atoms in total. The number of ketones is 1. The van der Waals surface area contributed by atoms with Gasteiger partial charge in [-0.2, -0.15) is 0 Å². The van der Waals surface area contributed by atoms with Crippen LogP contribution in [-0.2, 0) is 35.7 Å². The van der Waals surface area contributed by atoms with E-state index in [2.05, 4.69) is 112 Å². The summed E-state index contributed by atoms with van der Waals surface area (Å²) in [5.74, 6) is 0.547. The van der Waals surface area contributed by atoms with Crippen LogP contribution < -0.4 is 0 Å². The van der Waals surface area contributed by atoms with Crippen LogP contribution in [0.1, 0.15) is 106 Å². The van der Waals surface area contributed by atoms with E-state index in [1.807, 2.05) is 40.0 Å². The number of hydrogen-bond acceptors (Lipinski definition) is 5. The van der Waals surface area contributed by atoms with Crippen molar-refractivity contribution in [3.63, 3.8) is 0 Å². The van der Waals surface area contributed by atoms with Crippen LogP contribution in [0, 0.1) is 17.9 Å². The molecule has 50 heavy (non-hydrogen) atoms. The first-order valence-corrected chi connectivity index (χ1v) is 17.8. The molecule has 5 aromatic rings. The Hall–Kier alpha value is -3.73. The minimum Gasteiger partial charge on any atom is -0.512 e. The molecule has 0 saturated heterocycles. The number of aliphatic hydroxyl groups excluding tert-OH is 1. The maximum absolute atomic E-state index is 11.7. The van der Waals surface area contributed by atoms with Gasteiger partial charge >= 0.3 is 0 Å². The molecule has 2 aromatic heterocycles. The minimum absolute atomic E-state index is 0. The van der Waals surface area contributed by atoms with Crippen molar-refractivity contribution in [2.45, 2.75) is 106 Å². The third-order valence-electron chi connectivity index (χ3n) is 9.46. The van der Waals surface area contributed by atoms with Gasteiger partial charge in [-0.05, 0) is 53.7 Å². The molecule has 1 N–H and O–H groups in total. The Morgan fingerprint density at radius 2 is 1.40 bits per heavy atom. The summed E-state index contributed by atoms with van der Waals surface area (Å²) in [6, 6.07) is 24.9. The predicted octanol–water partition coefficient (Wildman–Crippen LogP) is 11.8. The summed E-state index contributed by atoms with van der Waals surface area (Å²) in [6.45, 7) is 21.5. The van der Waals surface area contributed by atoms with Gasteiger partial charge < -0.3 is 5.11 Å². The van der Waals surface area contributed by atoms with Gasteiger partial charge in [-0.3, -0.25) is 14.8 Å². The van der Waals surface area contributed by atoms with Gasteiger partial charge in [0.25, 0.3) is 0 Å². The van der Waals surface area contributed by atoms with Crippen LogP contribution in [0.3, 0.4) is 0 Å². The Labute approximate surface area is 313 Å². The molecule has 0 amide bonds. The SMILES string of the molecule is CC(C)(C)c1[c-]c(-c2cc(-c3ccc4c(c3)ncc3ccccc34)ncn2)cc(C(C)(C)C)c1.CCC(CC)C(=O)/C=C(\O)C(CC)CC.[Ir]. The van der Waals surface area contributed by atoms with Crippen LogP contribution >= 0.6 is 0 Å². The smallest absolute Gasteiger partial charge is 0.162 e. The van der Waals surface area contributed by atoms with E-state index < -0.39 is 0 Å². The standard InChI is InChI=1S/C31H30N3.C13H24O2.Ir/c1-30(2,3)23-13-22(14-24(16-23)31(4,5)6)28-17-27(33-19-34-28)20-11-12-26-25-10-8-7-9-21(25)18-32-29(26)15-20;1-5-10(6-2)12(14)9-13(15)11(7-3)8-4;/h7-13,15-19H,1-6H3;9-11,14H,5-8H2,1-4H3;/q-1;;/b;12-9-;. The number of hydrogen-bond donors (Lipinski definition) is 1. The molecule has 0 aliphatic heterocycles. The van der Waals surface area contributed by atoms with Crippen molar-refractivity contribution in [2.75, 3.05) is 0 Å². The third-order valence-corrected chi connectivity index (χ3v) is 9.46. The summed E-state index contributed by atoms with van der Waals surface area (Å²) in [5, 5.41) is 13.3. The molecular formula is C44H54IrN3O2-. The number of benzene rings is 3. The zero-order valence-electron chi connectivity index (χ0n) is 31.5. The fourth-order valence-electron chi connectivity index (χ4n) is 6.01. The third kappa shape index (κ3) is 9.95. The van der Waals surface area contributed by atoms with E-state index in [0.717, 1.165) is 64.5 Å². The summed E-state index contributed by atoms with van der Waals surface area (Å²) >= 11 is 0. The number of carbonyl (C=O) groups is 1. The van der Waals surface area contributed by atoms with E-state index in [1.165, 1.54) is 22.6 Å². The number of allylic oxidation sites excluding steroid dienone is 2. The van der Waals surface area contributed by atoms with Gasteiger partial charge in [-0.25, -0.2) is 4.98 Å². The van der Waals surface area contributed by atoms with Crippen molar-refractivity contribution < 1.29 is 30.0 Å². The Morgan fingerprint density at radius 3 is 2.02 bits per heavy atom. The molecular weight excluding hydrogens is 795 g/mol. The van der Waals surface area contributed by atoms with Crippen molar-refractivity contribution in [1.82, 2.24) is 15.0 Å². The Morgan fingerprint density at radius 1 is 0.760 bits per heavy atom. The number of pyridine rings is 1. The first kappa shape index (κ1) is 40.7. The molecule has 0 atom stereocenters. The minimum atomic E-state index is -0.00133. The second-order valence-corrected chi connectivity index (χ2v) is 15.1. The van der Waals surface area contributed by atoms with Crippen LogP contribution in [0.2, 0.25) is 0 Å². The summed E-state index contributed by atoms with van der Waals surface area (Å²) in [7, 11) is 0. The molecule has 0 unspecified atom stereocenters. The van der Waals surface area contributed by atoms with Crippen molar-refractivity contribution in [1.29, 1.82) is 0 Å². The van der Waals surface area contributed by atoms with Crippen molar-refractivity contribution in [2.24, 2.45) is 11.8 Å². The van der Waals surface area contributed by atoms with E-state index in [0.29, 0.717) is 0 Å². The second-order valence-electron chi connectivity index (χ2n) is 15.1. The molecule has 0 aliphatic rings. The van der Waals surface area contributed by atoms with Crippen molar-refractivity contribution in [3.8, 4) is 22.5 Å². The summed E-state index contributed by atoms with van der Waals surface area (Å²) in [4.78, 5) is 25.6. The Balaban J connectivity index is 0.000000361. The first-order chi connectivity index (χ1) is 23.2. The van der Waals surface area contributed by atoms with Crippen LogP contribution in [-0.4, -0.2) is 25.8 Å². The molecule has 1 radical (unpaired) electrons. The van der Waals surface area contributed by atoms with Gasteiger partial charge in [-0.15, -0.1) is 34.9 Å². The topological polar surface area (TPSA) is 76.0 Å². The van der Waals surface area contributed by atoms with E-state index in [9.17, 15) is 9.90 Å². The zero-order valence-corrected chi connectivity index (χ0v) is 33.9. The fourth-order valence-corrected chi connectivity index (χ4v) is 6.01. The summed E-state index contributed by atoms with van der Waals surface area (Å²) < 4.78 is 0. The van der Waals surface area contributed by atoms with Gasteiger partial charge in [0.2, 0.25) is 0 Å². The van der Waals surface area contributed by atoms with Crippen molar-refractivity contribution in [3.05, 3.63) is 102 Å². The monoisotopic (exact) mass is 849 g/mol. The Kier molecular flexibility index (Phi) is 14.2. The molecule has 3 aromatic carbocycles. The summed E-state index contributed by atoms with van der Waals surface area (Å²) in [6.07, 6.45) is 8.49. The zero-order chi connectivity index (χ0) is 35.9. The molecule has 267 valence electrons. The normalized spacial score (nSPS) is 12.2. The van der Waals surface area contributed by atoms with E-state index in [4.69, 9.17) is 4.98 Å². The van der Waals surface area contributed by atoms with Gasteiger partial charge in [0, 0.05) is 60.5 Å². The maximum Gasteiger partial charge on any atom is 0.162 e.